The Morgan fingerprint density at radius 1 is 1.32 bits per heavy atom. The topological polar surface area (TPSA) is 85.2 Å². The van der Waals surface area contributed by atoms with Crippen molar-refractivity contribution in [3.05, 3.63) is 41.7 Å². The maximum Gasteiger partial charge on any atom is 0.236 e. The number of thioether (sulfide) groups is 1. The molecule has 3 rings (SSSR count). The van der Waals surface area contributed by atoms with E-state index in [-0.39, 0.29) is 28.6 Å². The molecule has 152 valence electrons. The molecule has 1 aromatic heterocycles. The van der Waals surface area contributed by atoms with E-state index in [9.17, 15) is 13.2 Å². The first-order chi connectivity index (χ1) is 13.3. The minimum atomic E-state index is -2.98. The predicted molar refractivity (Wildman–Crippen MR) is 110 cm³/mol. The number of rotatable bonds is 7. The summed E-state index contributed by atoms with van der Waals surface area (Å²) < 4.78 is 25.3. The highest BCUT2D eigenvalue weighted by Crippen LogP contribution is 2.30. The molecule has 1 amide bonds. The third kappa shape index (κ3) is 4.75. The van der Waals surface area contributed by atoms with Crippen molar-refractivity contribution in [3.8, 4) is 0 Å². The average Bonchev–Trinajstić information content (AvgIpc) is 3.22. The van der Waals surface area contributed by atoms with Crippen molar-refractivity contribution in [1.82, 2.24) is 19.7 Å². The van der Waals surface area contributed by atoms with Gasteiger partial charge in [-0.15, -0.1) is 10.2 Å². The fourth-order valence-electron chi connectivity index (χ4n) is 3.40. The van der Waals surface area contributed by atoms with E-state index >= 15 is 0 Å². The van der Waals surface area contributed by atoms with Crippen molar-refractivity contribution < 1.29 is 13.2 Å². The van der Waals surface area contributed by atoms with E-state index in [4.69, 9.17) is 0 Å². The fraction of sp³-hybridized carbons (Fsp3) is 0.526. The summed E-state index contributed by atoms with van der Waals surface area (Å²) in [4.78, 5) is 14.7. The monoisotopic (exact) mass is 422 g/mol. The van der Waals surface area contributed by atoms with Crippen LogP contribution < -0.4 is 0 Å². The van der Waals surface area contributed by atoms with Crippen LogP contribution in [0.15, 0.2) is 35.5 Å². The summed E-state index contributed by atoms with van der Waals surface area (Å²) >= 11 is 1.36. The van der Waals surface area contributed by atoms with Crippen molar-refractivity contribution in [2.75, 3.05) is 18.1 Å². The Morgan fingerprint density at radius 3 is 2.64 bits per heavy atom. The Labute approximate surface area is 170 Å². The molecule has 1 aromatic carbocycles. The van der Waals surface area contributed by atoms with Crippen molar-refractivity contribution in [1.29, 1.82) is 0 Å². The number of aromatic nitrogens is 3. The minimum absolute atomic E-state index is 0.0457. The van der Waals surface area contributed by atoms with Crippen LogP contribution in [0, 0.1) is 0 Å². The van der Waals surface area contributed by atoms with Crippen LogP contribution in [0.5, 0.6) is 0 Å². The second-order valence-corrected chi connectivity index (χ2v) is 10.6. The van der Waals surface area contributed by atoms with Crippen LogP contribution in [0.3, 0.4) is 0 Å². The van der Waals surface area contributed by atoms with Gasteiger partial charge in [-0.2, -0.15) is 0 Å². The zero-order valence-electron chi connectivity index (χ0n) is 16.4. The van der Waals surface area contributed by atoms with Gasteiger partial charge >= 0.3 is 0 Å². The number of hydrogen-bond acceptors (Lipinski definition) is 6. The number of benzene rings is 1. The molecule has 0 unspecified atom stereocenters. The van der Waals surface area contributed by atoms with E-state index in [1.807, 2.05) is 60.7 Å². The Morgan fingerprint density at radius 2 is 2.04 bits per heavy atom. The Hall–Kier alpha value is -1.87. The lowest BCUT2D eigenvalue weighted by Crippen LogP contribution is -2.36. The molecule has 9 heteroatoms. The first-order valence-corrected chi connectivity index (χ1v) is 12.1. The predicted octanol–water partition coefficient (Wildman–Crippen LogP) is 2.25. The van der Waals surface area contributed by atoms with Gasteiger partial charge in [-0.1, -0.05) is 42.1 Å². The molecule has 0 radical (unpaired) electrons. The number of nitrogens with zero attached hydrogens (tertiary/aromatic N) is 4. The summed E-state index contributed by atoms with van der Waals surface area (Å²) in [6.07, 6.45) is 0.578. The first-order valence-electron chi connectivity index (χ1n) is 9.39. The van der Waals surface area contributed by atoms with Gasteiger partial charge in [0, 0.05) is 26.1 Å². The summed E-state index contributed by atoms with van der Waals surface area (Å²) in [7, 11) is -1.15. The third-order valence-corrected chi connectivity index (χ3v) is 7.90. The highest BCUT2D eigenvalue weighted by molar-refractivity contribution is 8.00. The van der Waals surface area contributed by atoms with Crippen LogP contribution in [0.2, 0.25) is 0 Å². The zero-order valence-corrected chi connectivity index (χ0v) is 18.0. The van der Waals surface area contributed by atoms with Crippen LogP contribution in [0.4, 0.5) is 0 Å². The van der Waals surface area contributed by atoms with Gasteiger partial charge in [0.1, 0.15) is 5.82 Å². The molecular formula is C19H26N4O3S2. The van der Waals surface area contributed by atoms with E-state index in [0.717, 1.165) is 5.56 Å². The van der Waals surface area contributed by atoms with Gasteiger partial charge in [0.05, 0.1) is 16.8 Å². The summed E-state index contributed by atoms with van der Waals surface area (Å²) in [6, 6.07) is 9.92. The van der Waals surface area contributed by atoms with Gasteiger partial charge in [0.2, 0.25) is 5.91 Å². The average molecular weight is 423 g/mol. The standard InChI is InChI=1S/C19H26N4O3S2/c1-4-23(12-15-8-6-5-7-9-15)18(24)14(2)27-19-21-20-17(22(19)3)16-10-11-28(25,26)13-16/h5-9,14,16H,4,10-13H2,1-3H3/t14-,16-/m1/s1. The van der Waals surface area contributed by atoms with E-state index in [1.54, 1.807) is 0 Å². The minimum Gasteiger partial charge on any atom is -0.338 e. The maximum atomic E-state index is 12.9. The van der Waals surface area contributed by atoms with E-state index in [1.165, 1.54) is 11.8 Å². The SMILES string of the molecule is CCN(Cc1ccccc1)C(=O)[C@@H](C)Sc1nnc([C@@H]2CCS(=O)(=O)C2)n1C. The number of amides is 1. The van der Waals surface area contributed by atoms with Gasteiger partial charge in [0.25, 0.3) is 0 Å². The molecule has 0 bridgehead atoms. The Kier molecular flexibility index (Phi) is 6.44. The van der Waals surface area contributed by atoms with Crippen molar-refractivity contribution >= 4 is 27.5 Å². The molecule has 2 atom stereocenters. The normalized spacial score (nSPS) is 19.5. The summed E-state index contributed by atoms with van der Waals surface area (Å²) in [5.74, 6) is 0.934. The number of sulfone groups is 1. The number of carbonyl (C=O) groups is 1. The van der Waals surface area contributed by atoms with Crippen LogP contribution in [0.25, 0.3) is 0 Å². The molecule has 2 heterocycles. The smallest absolute Gasteiger partial charge is 0.236 e. The summed E-state index contributed by atoms with van der Waals surface area (Å²) in [5, 5.41) is 8.74. The molecular weight excluding hydrogens is 396 g/mol. The number of hydrogen-bond donors (Lipinski definition) is 0. The molecule has 7 nitrogen and oxygen atoms in total. The molecule has 0 saturated carbocycles. The summed E-state index contributed by atoms with van der Waals surface area (Å²) in [5.41, 5.74) is 1.10. The second-order valence-electron chi connectivity index (χ2n) is 7.10. The van der Waals surface area contributed by atoms with Crippen molar-refractivity contribution in [2.45, 2.75) is 43.1 Å². The molecule has 1 aliphatic rings. The second kappa shape index (κ2) is 8.65. The molecule has 0 N–H and O–H groups in total. The largest absolute Gasteiger partial charge is 0.338 e. The highest BCUT2D eigenvalue weighted by Gasteiger charge is 2.33. The van der Waals surface area contributed by atoms with Gasteiger partial charge in [-0.3, -0.25) is 4.79 Å². The fourth-order valence-corrected chi connectivity index (χ4v) is 6.04. The molecule has 1 saturated heterocycles. The summed E-state index contributed by atoms with van der Waals surface area (Å²) in [6.45, 7) is 5.04. The van der Waals surface area contributed by atoms with Gasteiger partial charge in [-0.25, -0.2) is 8.42 Å². The maximum absolute atomic E-state index is 12.9. The lowest BCUT2D eigenvalue weighted by Gasteiger charge is -2.24. The van der Waals surface area contributed by atoms with E-state index < -0.39 is 9.84 Å². The molecule has 1 fully saturated rings. The number of carbonyl (C=O) groups excluding carboxylic acids is 1. The zero-order chi connectivity index (χ0) is 20.3. The third-order valence-electron chi connectivity index (χ3n) is 5.01. The van der Waals surface area contributed by atoms with Crippen LogP contribution in [-0.4, -0.2) is 57.3 Å². The van der Waals surface area contributed by atoms with Crippen LogP contribution in [-0.2, 0) is 28.2 Å². The van der Waals surface area contributed by atoms with Crippen molar-refractivity contribution in [2.24, 2.45) is 7.05 Å². The quantitative estimate of drug-likeness (QED) is 0.636. The molecule has 0 spiro atoms. The van der Waals surface area contributed by atoms with Gasteiger partial charge < -0.3 is 9.47 Å². The van der Waals surface area contributed by atoms with Gasteiger partial charge in [-0.05, 0) is 25.8 Å². The molecule has 1 aliphatic heterocycles. The Balaban J connectivity index is 1.67. The van der Waals surface area contributed by atoms with Crippen molar-refractivity contribution in [3.63, 3.8) is 0 Å². The van der Waals surface area contributed by atoms with Gasteiger partial charge in [0.15, 0.2) is 15.0 Å². The molecule has 2 aromatic rings. The molecule has 0 aliphatic carbocycles. The Bertz CT molecular complexity index is 928. The highest BCUT2D eigenvalue weighted by atomic mass is 32.2. The van der Waals surface area contributed by atoms with E-state index in [2.05, 4.69) is 10.2 Å². The van der Waals surface area contributed by atoms with E-state index in [0.29, 0.717) is 30.5 Å². The lowest BCUT2D eigenvalue weighted by molar-refractivity contribution is -0.130. The molecule has 28 heavy (non-hydrogen) atoms. The first kappa shape index (κ1) is 20.9. The van der Waals surface area contributed by atoms with Crippen LogP contribution >= 0.6 is 11.8 Å². The van der Waals surface area contributed by atoms with Crippen LogP contribution in [0.1, 0.15) is 37.6 Å². The lowest BCUT2D eigenvalue weighted by atomic mass is 10.1.